The zero-order valence-electron chi connectivity index (χ0n) is 52.5. The number of aldehydes is 1. The molecule has 1 N–H and O–H groups in total. The Hall–Kier alpha value is -4.11. The Morgan fingerprint density at radius 2 is 0.914 bits per heavy atom. The molecule has 81 heavy (non-hydrogen) atoms. The third-order valence-corrected chi connectivity index (χ3v) is 10.4. The maximum absolute atomic E-state index is 9.76. The monoisotopic (exact) mass is 1120 g/mol. The summed E-state index contributed by atoms with van der Waals surface area (Å²) in [5.74, 6) is 22.3. The van der Waals surface area contributed by atoms with E-state index in [9.17, 15) is 4.79 Å². The largest absolute Gasteiger partial charge is 1.00 e. The van der Waals surface area contributed by atoms with E-state index in [2.05, 4.69) is 73.4 Å². The number of hydrogen-bond acceptors (Lipinski definition) is 10. The number of rotatable bonds is 23. The first-order valence-electron chi connectivity index (χ1n) is 30.1. The molecule has 10 nitrogen and oxygen atoms in total. The van der Waals surface area contributed by atoms with Crippen LogP contribution in [0.1, 0.15) is 209 Å². The Morgan fingerprint density at radius 3 is 1.22 bits per heavy atom. The summed E-state index contributed by atoms with van der Waals surface area (Å²) in [6, 6.07) is 0. The summed E-state index contributed by atoms with van der Waals surface area (Å²) >= 11 is 0. The summed E-state index contributed by atoms with van der Waals surface area (Å²) in [5.41, 5.74) is 0. The van der Waals surface area contributed by atoms with Crippen LogP contribution < -0.4 is 18.9 Å². The van der Waals surface area contributed by atoms with Gasteiger partial charge in [0.25, 0.3) is 0 Å². The van der Waals surface area contributed by atoms with Crippen LogP contribution in [0.5, 0.6) is 0 Å². The second-order valence-electron chi connectivity index (χ2n) is 17.5. The van der Waals surface area contributed by atoms with E-state index in [1.807, 2.05) is 114 Å². The Bertz CT molecular complexity index is 1700. The van der Waals surface area contributed by atoms with E-state index >= 15 is 0 Å². The van der Waals surface area contributed by atoms with E-state index in [0.29, 0.717) is 13.0 Å². The fourth-order valence-electron chi connectivity index (χ4n) is 6.20. The van der Waals surface area contributed by atoms with Gasteiger partial charge in [0, 0.05) is 65.1 Å². The van der Waals surface area contributed by atoms with Crippen LogP contribution in [0.25, 0.3) is 0 Å². The predicted molar refractivity (Wildman–Crippen MR) is 335 cm³/mol. The van der Waals surface area contributed by atoms with Crippen molar-refractivity contribution in [2.45, 2.75) is 235 Å². The molecule has 11 heteroatoms. The normalized spacial score (nSPS) is 18.0. The fourth-order valence-corrected chi connectivity index (χ4v) is 6.20. The summed E-state index contributed by atoms with van der Waals surface area (Å²) < 4.78 is 43.8. The average Bonchev–Trinajstić information content (AvgIpc) is 3.51. The van der Waals surface area contributed by atoms with Crippen molar-refractivity contribution in [2.75, 3.05) is 59.5 Å². The maximum Gasteiger partial charge on any atom is 1.00 e. The van der Waals surface area contributed by atoms with Crippen molar-refractivity contribution < 1.29 is 66.7 Å². The maximum atomic E-state index is 9.76. The number of terminal acetylenes is 1. The number of hydrogen-bond donors (Lipinski definition) is 1. The van der Waals surface area contributed by atoms with E-state index in [4.69, 9.17) is 55.8 Å². The molecule has 4 atom stereocenters. The molecule has 0 aromatic carbocycles. The molecule has 452 valence electrons. The molecule has 0 spiro atoms. The number of carbonyl (C=O) groups excluding carboxylic acids is 1. The molecule has 4 fully saturated rings. The molecule has 0 aromatic heterocycles. The molecule has 4 heterocycles. The van der Waals surface area contributed by atoms with Crippen LogP contribution in [0.3, 0.4) is 0 Å². The minimum absolute atomic E-state index is 0. The topological polar surface area (TPSA) is 111 Å². The van der Waals surface area contributed by atoms with Gasteiger partial charge in [0.05, 0.1) is 26.4 Å². The van der Waals surface area contributed by atoms with Gasteiger partial charge in [0.1, 0.15) is 6.29 Å². The van der Waals surface area contributed by atoms with E-state index in [0.717, 1.165) is 149 Å². The molecule has 4 unspecified atom stereocenters. The van der Waals surface area contributed by atoms with Crippen molar-refractivity contribution in [2.24, 2.45) is 0 Å². The summed E-state index contributed by atoms with van der Waals surface area (Å²) in [7, 11) is 0. The van der Waals surface area contributed by atoms with Crippen LogP contribution in [0.15, 0.2) is 85.1 Å². The van der Waals surface area contributed by atoms with Crippen molar-refractivity contribution in [1.82, 2.24) is 0 Å². The van der Waals surface area contributed by atoms with Crippen LogP contribution >= 0.6 is 0 Å². The smallest absolute Gasteiger partial charge is 0.694 e. The number of aliphatic hydroxyl groups is 1. The van der Waals surface area contributed by atoms with E-state index in [-0.39, 0.29) is 50.6 Å². The van der Waals surface area contributed by atoms with Gasteiger partial charge in [-0.1, -0.05) is 138 Å². The van der Waals surface area contributed by atoms with Crippen molar-refractivity contribution in [1.29, 1.82) is 0 Å². The van der Waals surface area contributed by atoms with E-state index in [1.54, 1.807) is 0 Å². The van der Waals surface area contributed by atoms with Crippen LogP contribution in [0.4, 0.5) is 0 Å². The molecular weight excluding hydrogens is 1010 g/mol. The zero-order chi connectivity index (χ0) is 59.6. The van der Waals surface area contributed by atoms with Gasteiger partial charge in [-0.2, -0.15) is 0 Å². The zero-order valence-corrected chi connectivity index (χ0v) is 52.5. The third kappa shape index (κ3) is 80.2. The Labute approximate surface area is 509 Å². The van der Waals surface area contributed by atoms with Crippen molar-refractivity contribution in [3.8, 4) is 53.8 Å². The molecule has 4 rings (SSSR count). The quantitative estimate of drug-likeness (QED) is 0.0202. The second-order valence-corrected chi connectivity index (χ2v) is 17.5. The summed E-state index contributed by atoms with van der Waals surface area (Å²) in [6.07, 6.45) is 64.1. The van der Waals surface area contributed by atoms with Crippen LogP contribution in [0.2, 0.25) is 0 Å². The van der Waals surface area contributed by atoms with Crippen LogP contribution in [0, 0.1) is 60.2 Å². The summed E-state index contributed by atoms with van der Waals surface area (Å²) in [5, 5.41) is 8.35. The fraction of sp³-hybridized carbons (Fsp3) is 0.643. The average molecular weight is 1120 g/mol. The van der Waals surface area contributed by atoms with Gasteiger partial charge < -0.3 is 60.1 Å². The predicted octanol–water partition coefficient (Wildman–Crippen LogP) is 13.2. The minimum Gasteiger partial charge on any atom is -0.694 e. The summed E-state index contributed by atoms with van der Waals surface area (Å²) in [4.78, 5) is 9.76. The summed E-state index contributed by atoms with van der Waals surface area (Å²) in [6.45, 7) is 22.6. The number of ether oxygens (including phenoxy) is 8. The molecular formula is C70H111LiO10. The standard InChI is InChI=1S/2C13H20O2.C10H18O2.C10H16O2.C8H14O.C8H12O.C4H6.C4H5.Li/c2*1-2-3-4-5-6-8-11-14-13-10-7-9-12-15-13;2*1-2-3-5-8-11-10-7-4-6-9-12-10;2*1-2-3-4-5-6-7-8-9;2*1-3-4-2;/h2*5-6,13H,2,7-12H2,1H3;2-3,10H,4-9H2,1H3;10H,4-9H2,1H3;3-6,9H,2,7-8H2,1H3;3-6,8H,2,7H2,1H3;1H,4H2,2H3;3H2,1H3;/q;;;;;;;-1;+1/b2*6-5+;3-2+;;2*4-3-,6-5+;;;. The number of allylic oxidation sites excluding steroid dienone is 10. The first-order valence-corrected chi connectivity index (χ1v) is 30.1. The molecule has 0 radical (unpaired) electrons. The first-order chi connectivity index (χ1) is 39.4. The third-order valence-electron chi connectivity index (χ3n) is 10.4. The molecule has 0 aliphatic carbocycles. The molecule has 4 saturated heterocycles. The molecule has 0 saturated carbocycles. The van der Waals surface area contributed by atoms with Gasteiger partial charge in [0.2, 0.25) is 0 Å². The van der Waals surface area contributed by atoms with Gasteiger partial charge in [-0.15, -0.1) is 24.2 Å². The molecule has 4 aliphatic heterocycles. The number of carbonyl (C=O) groups is 1. The molecule has 0 bridgehead atoms. The SMILES string of the molecule is C#CCC.C/C=C/CCOC1CCCCO1.CC#CCCOC1CCCCO1.CC/C=C\C=C\CC=O.CC/C=C\C=C\CCO.CCC#C/C=C/CCOC1CCCCO1.CCC#C/C=C/CCOC1CCCCO1.[C-]#CCC.[Li+]. The Kier molecular flexibility index (Phi) is 87.1. The van der Waals surface area contributed by atoms with E-state index < -0.39 is 0 Å². The van der Waals surface area contributed by atoms with E-state index in [1.165, 1.54) is 51.4 Å². The minimum atomic E-state index is 0. The van der Waals surface area contributed by atoms with Crippen molar-refractivity contribution in [3.63, 3.8) is 0 Å². The first kappa shape index (κ1) is 85.7. The van der Waals surface area contributed by atoms with Gasteiger partial charge in [-0.3, -0.25) is 0 Å². The molecule has 4 aliphatic rings. The Balaban J connectivity index is -0.000000279. The van der Waals surface area contributed by atoms with Crippen LogP contribution in [-0.2, 0) is 42.7 Å². The van der Waals surface area contributed by atoms with Crippen molar-refractivity contribution in [3.05, 3.63) is 91.5 Å². The van der Waals surface area contributed by atoms with Gasteiger partial charge in [-0.25, -0.2) is 0 Å². The van der Waals surface area contributed by atoms with Gasteiger partial charge in [0.15, 0.2) is 25.2 Å². The Morgan fingerprint density at radius 1 is 0.531 bits per heavy atom. The van der Waals surface area contributed by atoms with Crippen molar-refractivity contribution >= 4 is 6.29 Å². The van der Waals surface area contributed by atoms with Gasteiger partial charge in [-0.05, 0) is 148 Å². The number of aliphatic hydroxyl groups excluding tert-OH is 1. The molecule has 0 aromatic rings. The van der Waals surface area contributed by atoms with Gasteiger partial charge >= 0.3 is 18.9 Å². The van der Waals surface area contributed by atoms with Crippen LogP contribution in [-0.4, -0.2) is 96.0 Å². The second kappa shape index (κ2) is 82.4. The molecule has 0 amide bonds.